The lowest BCUT2D eigenvalue weighted by Gasteiger charge is -2.23. The summed E-state index contributed by atoms with van der Waals surface area (Å²) in [5.41, 5.74) is 4.62. The van der Waals surface area contributed by atoms with Gasteiger partial charge in [0.15, 0.2) is 0 Å². The molecule has 1 atom stereocenters. The lowest BCUT2D eigenvalue weighted by molar-refractivity contribution is 0.120. The zero-order valence-electron chi connectivity index (χ0n) is 14.2. The summed E-state index contributed by atoms with van der Waals surface area (Å²) in [6, 6.07) is 2.42. The number of anilines is 1. The van der Waals surface area contributed by atoms with E-state index in [1.165, 1.54) is 36.1 Å². The number of nitrogens with one attached hydrogen (secondary N) is 1. The van der Waals surface area contributed by atoms with Gasteiger partial charge in [0.25, 0.3) is 0 Å². The molecule has 124 valence electrons. The Balaban J connectivity index is 1.88. The minimum Gasteiger partial charge on any atom is -0.376 e. The number of nitrogens with zero attached hydrogens (tertiary/aromatic N) is 2. The van der Waals surface area contributed by atoms with Gasteiger partial charge in [-0.05, 0) is 62.5 Å². The van der Waals surface area contributed by atoms with Gasteiger partial charge >= 0.3 is 0 Å². The molecule has 1 aliphatic heterocycles. The van der Waals surface area contributed by atoms with Crippen molar-refractivity contribution < 1.29 is 4.74 Å². The number of aromatic nitrogens is 1. The number of ether oxygens (including phenoxy) is 1. The molecule has 0 bridgehead atoms. The standard InChI is InChI=1S/C19H27N3O/c1-2-3-10-18-16-9-5-4-8-15(16)17(12-20)19(22-18)21-13-14-7-6-11-23-14/h14H,2-11,13H2,1H3,(H,21,22)/t14-/m0/s1. The summed E-state index contributed by atoms with van der Waals surface area (Å²) in [5, 5.41) is 13.1. The molecule has 3 rings (SSSR count). The van der Waals surface area contributed by atoms with E-state index < -0.39 is 0 Å². The average Bonchev–Trinajstić information content (AvgIpc) is 3.11. The van der Waals surface area contributed by atoms with Crippen molar-refractivity contribution in [1.82, 2.24) is 4.98 Å². The van der Waals surface area contributed by atoms with Gasteiger partial charge in [-0.1, -0.05) is 13.3 Å². The molecule has 0 aromatic carbocycles. The van der Waals surface area contributed by atoms with Crippen LogP contribution in [0.5, 0.6) is 0 Å². The van der Waals surface area contributed by atoms with Crippen LogP contribution < -0.4 is 5.32 Å². The Morgan fingerprint density at radius 1 is 1.26 bits per heavy atom. The molecule has 0 radical (unpaired) electrons. The Morgan fingerprint density at radius 3 is 2.78 bits per heavy atom. The molecule has 23 heavy (non-hydrogen) atoms. The summed E-state index contributed by atoms with van der Waals surface area (Å²) in [6.45, 7) is 3.83. The van der Waals surface area contributed by atoms with Gasteiger partial charge in [-0.2, -0.15) is 5.26 Å². The third-order valence-corrected chi connectivity index (χ3v) is 5.00. The van der Waals surface area contributed by atoms with Crippen LogP contribution in [0.4, 0.5) is 5.82 Å². The highest BCUT2D eigenvalue weighted by Gasteiger charge is 2.23. The molecule has 2 heterocycles. The van der Waals surface area contributed by atoms with Crippen molar-refractivity contribution in [3.8, 4) is 6.07 Å². The van der Waals surface area contributed by atoms with E-state index in [1.54, 1.807) is 0 Å². The third kappa shape index (κ3) is 3.67. The van der Waals surface area contributed by atoms with E-state index in [2.05, 4.69) is 18.3 Å². The maximum Gasteiger partial charge on any atom is 0.144 e. The molecular formula is C19H27N3O. The van der Waals surface area contributed by atoms with Crippen LogP contribution >= 0.6 is 0 Å². The SMILES string of the molecule is CCCCc1nc(NC[C@@H]2CCCO2)c(C#N)c2c1CCCC2. The first-order valence-electron chi connectivity index (χ1n) is 9.13. The maximum atomic E-state index is 9.67. The molecule has 4 heteroatoms. The fourth-order valence-corrected chi connectivity index (χ4v) is 3.72. The minimum absolute atomic E-state index is 0.262. The van der Waals surface area contributed by atoms with E-state index in [9.17, 15) is 5.26 Å². The highest BCUT2D eigenvalue weighted by atomic mass is 16.5. The second-order valence-electron chi connectivity index (χ2n) is 6.68. The van der Waals surface area contributed by atoms with Crippen LogP contribution in [-0.4, -0.2) is 24.2 Å². The number of rotatable bonds is 6. The number of unbranched alkanes of at least 4 members (excludes halogenated alkanes) is 1. The van der Waals surface area contributed by atoms with Crippen LogP contribution in [0.2, 0.25) is 0 Å². The van der Waals surface area contributed by atoms with Crippen molar-refractivity contribution in [2.24, 2.45) is 0 Å². The Hall–Kier alpha value is -1.60. The Kier molecular flexibility index (Phi) is 5.51. The first-order valence-corrected chi connectivity index (χ1v) is 9.13. The van der Waals surface area contributed by atoms with Crippen molar-refractivity contribution in [2.45, 2.75) is 70.8 Å². The minimum atomic E-state index is 0.262. The molecule has 1 fully saturated rings. The summed E-state index contributed by atoms with van der Waals surface area (Å²) >= 11 is 0. The van der Waals surface area contributed by atoms with Crippen molar-refractivity contribution >= 4 is 5.82 Å². The Labute approximate surface area is 139 Å². The third-order valence-electron chi connectivity index (χ3n) is 5.00. The molecule has 1 N–H and O–H groups in total. The summed E-state index contributed by atoms with van der Waals surface area (Å²) in [4.78, 5) is 4.87. The molecule has 1 saturated heterocycles. The number of nitriles is 1. The highest BCUT2D eigenvalue weighted by molar-refractivity contribution is 5.60. The molecule has 0 amide bonds. The maximum absolute atomic E-state index is 9.67. The van der Waals surface area contributed by atoms with Gasteiger partial charge in [0.05, 0.1) is 11.7 Å². The summed E-state index contributed by atoms with van der Waals surface area (Å²) in [7, 11) is 0. The first kappa shape index (κ1) is 16.3. The van der Waals surface area contributed by atoms with Crippen LogP contribution in [0.1, 0.15) is 67.8 Å². The number of fused-ring (bicyclic) bond motifs is 1. The van der Waals surface area contributed by atoms with Gasteiger partial charge in [0.2, 0.25) is 0 Å². The van der Waals surface area contributed by atoms with E-state index in [0.29, 0.717) is 0 Å². The van der Waals surface area contributed by atoms with Crippen LogP contribution in [0.3, 0.4) is 0 Å². The van der Waals surface area contributed by atoms with E-state index in [4.69, 9.17) is 9.72 Å². The summed E-state index contributed by atoms with van der Waals surface area (Å²) in [5.74, 6) is 0.787. The Bertz CT molecular complexity index is 585. The quantitative estimate of drug-likeness (QED) is 0.868. The lowest BCUT2D eigenvalue weighted by atomic mass is 9.86. The average molecular weight is 313 g/mol. The van der Waals surface area contributed by atoms with Crippen molar-refractivity contribution in [3.63, 3.8) is 0 Å². The number of hydrogen-bond donors (Lipinski definition) is 1. The predicted molar refractivity (Wildman–Crippen MR) is 91.7 cm³/mol. The van der Waals surface area contributed by atoms with Gasteiger partial charge in [-0.25, -0.2) is 4.98 Å². The molecule has 4 nitrogen and oxygen atoms in total. The predicted octanol–water partition coefficient (Wildman–Crippen LogP) is 3.77. The zero-order chi connectivity index (χ0) is 16.1. The molecule has 1 aromatic heterocycles. The van der Waals surface area contributed by atoms with Gasteiger partial charge in [0.1, 0.15) is 11.9 Å². The van der Waals surface area contributed by atoms with E-state index in [-0.39, 0.29) is 6.10 Å². The van der Waals surface area contributed by atoms with Gasteiger partial charge < -0.3 is 10.1 Å². The smallest absolute Gasteiger partial charge is 0.144 e. The molecule has 1 aromatic rings. The van der Waals surface area contributed by atoms with E-state index >= 15 is 0 Å². The number of pyridine rings is 1. The second-order valence-corrected chi connectivity index (χ2v) is 6.68. The fraction of sp³-hybridized carbons (Fsp3) is 0.684. The molecule has 0 unspecified atom stereocenters. The lowest BCUT2D eigenvalue weighted by Crippen LogP contribution is -2.21. The first-order chi connectivity index (χ1) is 11.3. The summed E-state index contributed by atoms with van der Waals surface area (Å²) in [6.07, 6.45) is 10.4. The second kappa shape index (κ2) is 7.79. The Morgan fingerprint density at radius 2 is 2.09 bits per heavy atom. The van der Waals surface area contributed by atoms with E-state index in [1.807, 2.05) is 0 Å². The van der Waals surface area contributed by atoms with Gasteiger partial charge in [-0.15, -0.1) is 0 Å². The van der Waals surface area contributed by atoms with Crippen molar-refractivity contribution in [3.05, 3.63) is 22.4 Å². The molecule has 2 aliphatic rings. The molecule has 0 saturated carbocycles. The van der Waals surface area contributed by atoms with E-state index in [0.717, 1.165) is 63.1 Å². The van der Waals surface area contributed by atoms with Gasteiger partial charge in [-0.3, -0.25) is 0 Å². The molecule has 1 aliphatic carbocycles. The van der Waals surface area contributed by atoms with Crippen molar-refractivity contribution in [1.29, 1.82) is 5.26 Å². The van der Waals surface area contributed by atoms with Crippen LogP contribution in [0, 0.1) is 11.3 Å². The normalized spacial score (nSPS) is 20.1. The van der Waals surface area contributed by atoms with Crippen LogP contribution in [0.15, 0.2) is 0 Å². The number of hydrogen-bond acceptors (Lipinski definition) is 4. The number of aryl methyl sites for hydroxylation is 1. The van der Waals surface area contributed by atoms with Crippen molar-refractivity contribution in [2.75, 3.05) is 18.5 Å². The monoisotopic (exact) mass is 313 g/mol. The largest absolute Gasteiger partial charge is 0.376 e. The topological polar surface area (TPSA) is 57.9 Å². The fourth-order valence-electron chi connectivity index (χ4n) is 3.72. The highest BCUT2D eigenvalue weighted by Crippen LogP contribution is 2.31. The molecule has 0 spiro atoms. The molecular weight excluding hydrogens is 286 g/mol. The van der Waals surface area contributed by atoms with Crippen LogP contribution in [-0.2, 0) is 24.0 Å². The van der Waals surface area contributed by atoms with Crippen LogP contribution in [0.25, 0.3) is 0 Å². The van der Waals surface area contributed by atoms with Gasteiger partial charge in [0, 0.05) is 18.8 Å². The summed E-state index contributed by atoms with van der Waals surface area (Å²) < 4.78 is 5.68. The zero-order valence-corrected chi connectivity index (χ0v) is 14.2.